The van der Waals surface area contributed by atoms with E-state index in [4.69, 9.17) is 11.0 Å². The van der Waals surface area contributed by atoms with Crippen molar-refractivity contribution in [3.8, 4) is 6.07 Å². The monoisotopic (exact) mass is 232 g/mol. The van der Waals surface area contributed by atoms with E-state index in [1.54, 1.807) is 6.07 Å². The lowest BCUT2D eigenvalue weighted by Crippen LogP contribution is -2.28. The lowest BCUT2D eigenvalue weighted by atomic mass is 9.93. The summed E-state index contributed by atoms with van der Waals surface area (Å²) in [6, 6.07) is 3.93. The highest BCUT2D eigenvalue weighted by molar-refractivity contribution is 5.63. The van der Waals surface area contributed by atoms with Gasteiger partial charge in [0.2, 0.25) is 0 Å². The average molecular weight is 232 g/mol. The lowest BCUT2D eigenvalue weighted by molar-refractivity contribution is 0.126. The molecule has 1 aliphatic rings. The van der Waals surface area contributed by atoms with Gasteiger partial charge in [-0.25, -0.2) is 4.98 Å². The molecule has 0 aromatic carbocycles. The summed E-state index contributed by atoms with van der Waals surface area (Å²) in [7, 11) is 0. The van der Waals surface area contributed by atoms with E-state index >= 15 is 0 Å². The molecule has 17 heavy (non-hydrogen) atoms. The van der Waals surface area contributed by atoms with E-state index in [1.165, 1.54) is 6.20 Å². The van der Waals surface area contributed by atoms with Crippen molar-refractivity contribution in [2.45, 2.75) is 37.8 Å². The van der Waals surface area contributed by atoms with Gasteiger partial charge in [0.15, 0.2) is 0 Å². The third-order valence-electron chi connectivity index (χ3n) is 3.08. The summed E-state index contributed by atoms with van der Waals surface area (Å²) in [6.45, 7) is 0. The fourth-order valence-corrected chi connectivity index (χ4v) is 2.08. The zero-order valence-corrected chi connectivity index (χ0v) is 9.56. The predicted molar refractivity (Wildman–Crippen MR) is 65.2 cm³/mol. The number of aromatic nitrogens is 1. The first-order valence-electron chi connectivity index (χ1n) is 5.79. The average Bonchev–Trinajstić information content (AvgIpc) is 2.34. The predicted octanol–water partition coefficient (Wildman–Crippen LogP) is 1.25. The Kier molecular flexibility index (Phi) is 3.45. The highest BCUT2D eigenvalue weighted by Crippen LogP contribution is 2.24. The molecule has 1 saturated carbocycles. The summed E-state index contributed by atoms with van der Waals surface area (Å²) >= 11 is 0. The highest BCUT2D eigenvalue weighted by atomic mass is 16.3. The number of rotatable bonds is 2. The van der Waals surface area contributed by atoms with Crippen LogP contribution in [0.2, 0.25) is 0 Å². The van der Waals surface area contributed by atoms with Gasteiger partial charge in [-0.2, -0.15) is 5.26 Å². The van der Waals surface area contributed by atoms with Gasteiger partial charge in [-0.05, 0) is 31.7 Å². The van der Waals surface area contributed by atoms with Gasteiger partial charge in [0.1, 0.15) is 11.9 Å². The summed E-state index contributed by atoms with van der Waals surface area (Å²) in [5, 5.41) is 21.4. The van der Waals surface area contributed by atoms with E-state index in [-0.39, 0.29) is 6.10 Å². The Hall–Kier alpha value is -1.80. The number of nitrogens with zero attached hydrogens (tertiary/aromatic N) is 2. The Morgan fingerprint density at radius 1 is 1.41 bits per heavy atom. The number of nitrogens with one attached hydrogen (secondary N) is 1. The van der Waals surface area contributed by atoms with Gasteiger partial charge >= 0.3 is 0 Å². The molecule has 0 spiro atoms. The number of hydrogen-bond donors (Lipinski definition) is 3. The topological polar surface area (TPSA) is 95.0 Å². The Morgan fingerprint density at radius 3 is 2.71 bits per heavy atom. The van der Waals surface area contributed by atoms with Crippen LogP contribution in [0.15, 0.2) is 12.3 Å². The summed E-state index contributed by atoms with van der Waals surface area (Å²) in [5.41, 5.74) is 6.78. The van der Waals surface area contributed by atoms with E-state index in [0.29, 0.717) is 23.1 Å². The molecule has 0 aliphatic heterocycles. The molecule has 4 N–H and O–H groups in total. The van der Waals surface area contributed by atoms with E-state index in [1.807, 2.05) is 6.07 Å². The van der Waals surface area contributed by atoms with Crippen molar-refractivity contribution in [3.63, 3.8) is 0 Å². The number of pyridine rings is 1. The van der Waals surface area contributed by atoms with E-state index in [9.17, 15) is 5.11 Å². The van der Waals surface area contributed by atoms with E-state index in [0.717, 1.165) is 25.7 Å². The minimum Gasteiger partial charge on any atom is -0.396 e. The minimum atomic E-state index is -0.167. The Labute approximate surface area is 100 Å². The van der Waals surface area contributed by atoms with Crippen molar-refractivity contribution < 1.29 is 5.11 Å². The molecule has 1 aliphatic carbocycles. The fraction of sp³-hybridized carbons (Fsp3) is 0.500. The Bertz CT molecular complexity index is 433. The van der Waals surface area contributed by atoms with Gasteiger partial charge in [0.25, 0.3) is 0 Å². The maximum atomic E-state index is 9.41. The van der Waals surface area contributed by atoms with Gasteiger partial charge in [-0.15, -0.1) is 0 Å². The first-order chi connectivity index (χ1) is 8.19. The maximum Gasteiger partial charge on any atom is 0.149 e. The number of hydrogen-bond acceptors (Lipinski definition) is 5. The molecule has 0 atom stereocenters. The SMILES string of the molecule is N#Cc1cnc(N[C@H]2CC[C@H](O)CC2)c(N)c1. The Morgan fingerprint density at radius 2 is 2.12 bits per heavy atom. The van der Waals surface area contributed by atoms with Crippen molar-refractivity contribution >= 4 is 11.5 Å². The second-order valence-electron chi connectivity index (χ2n) is 4.42. The van der Waals surface area contributed by atoms with E-state index < -0.39 is 0 Å². The van der Waals surface area contributed by atoms with Gasteiger partial charge < -0.3 is 16.2 Å². The van der Waals surface area contributed by atoms with Crippen molar-refractivity contribution in [1.29, 1.82) is 5.26 Å². The maximum absolute atomic E-state index is 9.41. The quantitative estimate of drug-likeness (QED) is 0.713. The lowest BCUT2D eigenvalue weighted by Gasteiger charge is -2.26. The fourth-order valence-electron chi connectivity index (χ4n) is 2.08. The van der Waals surface area contributed by atoms with Crippen molar-refractivity contribution in [2.24, 2.45) is 0 Å². The molecule has 1 aromatic rings. The van der Waals surface area contributed by atoms with Crippen molar-refractivity contribution in [1.82, 2.24) is 4.98 Å². The van der Waals surface area contributed by atoms with Crippen LogP contribution in [0.4, 0.5) is 11.5 Å². The molecule has 2 rings (SSSR count). The first kappa shape index (κ1) is 11.7. The standard InChI is InChI=1S/C12H16N4O/c13-6-8-5-11(14)12(15-7-8)16-9-1-3-10(17)4-2-9/h5,7,9-10,17H,1-4,14H2,(H,15,16)/t9-,10-. The molecule has 0 radical (unpaired) electrons. The van der Waals surface area contributed by atoms with Crippen LogP contribution in [-0.4, -0.2) is 22.2 Å². The second kappa shape index (κ2) is 5.02. The summed E-state index contributed by atoms with van der Waals surface area (Å²) in [6.07, 6.45) is 4.81. The molecule has 5 nitrogen and oxygen atoms in total. The normalized spacial score (nSPS) is 24.0. The van der Waals surface area contributed by atoms with Crippen LogP contribution in [0.3, 0.4) is 0 Å². The summed E-state index contributed by atoms with van der Waals surface area (Å²) < 4.78 is 0. The van der Waals surface area contributed by atoms with Gasteiger partial charge in [-0.3, -0.25) is 0 Å². The largest absolute Gasteiger partial charge is 0.396 e. The van der Waals surface area contributed by atoms with Crippen LogP contribution < -0.4 is 11.1 Å². The zero-order valence-electron chi connectivity index (χ0n) is 9.56. The number of aliphatic hydroxyl groups is 1. The summed E-state index contributed by atoms with van der Waals surface area (Å²) in [5.74, 6) is 0.630. The molecule has 1 heterocycles. The minimum absolute atomic E-state index is 0.167. The first-order valence-corrected chi connectivity index (χ1v) is 5.79. The molecule has 1 aromatic heterocycles. The number of nitriles is 1. The Balaban J connectivity index is 2.02. The molecule has 5 heteroatoms. The zero-order chi connectivity index (χ0) is 12.3. The van der Waals surface area contributed by atoms with Gasteiger partial charge in [0.05, 0.1) is 17.4 Å². The van der Waals surface area contributed by atoms with Crippen molar-refractivity contribution in [3.05, 3.63) is 17.8 Å². The number of nitrogens with two attached hydrogens (primary N) is 1. The molecular formula is C12H16N4O. The van der Waals surface area contributed by atoms with Crippen LogP contribution in [0.5, 0.6) is 0 Å². The van der Waals surface area contributed by atoms with Crippen LogP contribution in [0, 0.1) is 11.3 Å². The van der Waals surface area contributed by atoms with Gasteiger partial charge in [-0.1, -0.05) is 0 Å². The molecule has 1 fully saturated rings. The third kappa shape index (κ3) is 2.86. The molecule has 0 amide bonds. The third-order valence-corrected chi connectivity index (χ3v) is 3.08. The number of aliphatic hydroxyl groups excluding tert-OH is 1. The van der Waals surface area contributed by atoms with Crippen LogP contribution >= 0.6 is 0 Å². The number of anilines is 2. The van der Waals surface area contributed by atoms with E-state index in [2.05, 4.69) is 10.3 Å². The highest BCUT2D eigenvalue weighted by Gasteiger charge is 2.19. The molecule has 0 bridgehead atoms. The van der Waals surface area contributed by atoms with Crippen LogP contribution in [0.1, 0.15) is 31.2 Å². The summed E-state index contributed by atoms with van der Waals surface area (Å²) in [4.78, 5) is 4.14. The number of nitrogen functional groups attached to an aromatic ring is 1. The van der Waals surface area contributed by atoms with Crippen LogP contribution in [-0.2, 0) is 0 Å². The molecule has 0 saturated heterocycles. The van der Waals surface area contributed by atoms with Crippen molar-refractivity contribution in [2.75, 3.05) is 11.1 Å². The van der Waals surface area contributed by atoms with Crippen LogP contribution in [0.25, 0.3) is 0 Å². The molecule has 90 valence electrons. The second-order valence-corrected chi connectivity index (χ2v) is 4.42. The molecule has 0 unspecified atom stereocenters. The molecular weight excluding hydrogens is 216 g/mol. The smallest absolute Gasteiger partial charge is 0.149 e. The van der Waals surface area contributed by atoms with Gasteiger partial charge in [0, 0.05) is 12.2 Å².